The Labute approximate surface area is 125 Å². The summed E-state index contributed by atoms with van der Waals surface area (Å²) in [6.45, 7) is 7.36. The van der Waals surface area contributed by atoms with E-state index in [-0.39, 0.29) is 12.1 Å². The molecule has 116 valence electrons. The van der Waals surface area contributed by atoms with E-state index in [1.165, 1.54) is 45.4 Å². The number of rotatable bonds is 13. The maximum atomic E-state index is 11.1. The van der Waals surface area contributed by atoms with Crippen molar-refractivity contribution in [3.63, 3.8) is 0 Å². The highest BCUT2D eigenvalue weighted by atomic mass is 16.5. The van der Waals surface area contributed by atoms with Crippen LogP contribution in [0.3, 0.4) is 0 Å². The number of carbonyl (C=O) groups is 1. The van der Waals surface area contributed by atoms with E-state index in [0.29, 0.717) is 0 Å². The van der Waals surface area contributed by atoms with Gasteiger partial charge in [-0.3, -0.25) is 4.79 Å². The SMILES string of the molecule is C=C/C=C/CCCCCCC(CCCCC)OC(C)=O. The Bertz CT molecular complexity index is 269. The van der Waals surface area contributed by atoms with Gasteiger partial charge in [-0.1, -0.05) is 57.4 Å². The zero-order chi connectivity index (χ0) is 15.1. The molecule has 0 aliphatic heterocycles. The molecule has 0 fully saturated rings. The van der Waals surface area contributed by atoms with E-state index in [2.05, 4.69) is 19.6 Å². The molecule has 2 heteroatoms. The highest BCUT2D eigenvalue weighted by Gasteiger charge is 2.11. The number of hydrogen-bond donors (Lipinski definition) is 0. The standard InChI is InChI=1S/C18H32O2/c1-4-6-8-9-10-11-12-14-16-18(20-17(3)19)15-13-7-5-2/h4,6,8,18H,1,5,7,9-16H2,2-3H3/b8-6+. The molecule has 1 unspecified atom stereocenters. The van der Waals surface area contributed by atoms with Gasteiger partial charge in [0.25, 0.3) is 0 Å². The number of carbonyl (C=O) groups excluding carboxylic acids is 1. The second kappa shape index (κ2) is 14.4. The smallest absolute Gasteiger partial charge is 0.302 e. The monoisotopic (exact) mass is 280 g/mol. The lowest BCUT2D eigenvalue weighted by atomic mass is 10.0. The lowest BCUT2D eigenvalue weighted by Gasteiger charge is -2.16. The molecular formula is C18H32O2. The molecule has 0 amide bonds. The molecule has 0 aromatic carbocycles. The summed E-state index contributed by atoms with van der Waals surface area (Å²) in [4.78, 5) is 11.1. The predicted octanol–water partition coefficient (Wildman–Crippen LogP) is 5.58. The fourth-order valence-electron chi connectivity index (χ4n) is 2.30. The van der Waals surface area contributed by atoms with Crippen LogP contribution in [-0.4, -0.2) is 12.1 Å². The van der Waals surface area contributed by atoms with Crippen molar-refractivity contribution in [2.45, 2.75) is 84.2 Å². The van der Waals surface area contributed by atoms with Crippen LogP contribution >= 0.6 is 0 Å². The summed E-state index contributed by atoms with van der Waals surface area (Å²) in [5, 5.41) is 0. The zero-order valence-electron chi connectivity index (χ0n) is 13.4. The van der Waals surface area contributed by atoms with Crippen LogP contribution in [0.1, 0.15) is 78.1 Å². The highest BCUT2D eigenvalue weighted by molar-refractivity contribution is 5.66. The molecule has 0 aromatic heterocycles. The number of ether oxygens (including phenoxy) is 1. The highest BCUT2D eigenvalue weighted by Crippen LogP contribution is 2.15. The molecule has 2 nitrogen and oxygen atoms in total. The number of esters is 1. The van der Waals surface area contributed by atoms with Gasteiger partial charge in [0, 0.05) is 6.92 Å². The predicted molar refractivity (Wildman–Crippen MR) is 86.7 cm³/mol. The minimum Gasteiger partial charge on any atom is -0.463 e. The summed E-state index contributed by atoms with van der Waals surface area (Å²) in [6, 6.07) is 0. The van der Waals surface area contributed by atoms with E-state index < -0.39 is 0 Å². The third kappa shape index (κ3) is 13.4. The van der Waals surface area contributed by atoms with Gasteiger partial charge in [0.2, 0.25) is 0 Å². The topological polar surface area (TPSA) is 26.3 Å². The van der Waals surface area contributed by atoms with Crippen LogP contribution in [0, 0.1) is 0 Å². The Morgan fingerprint density at radius 1 is 1.10 bits per heavy atom. The van der Waals surface area contributed by atoms with Crippen molar-refractivity contribution >= 4 is 5.97 Å². The van der Waals surface area contributed by atoms with Gasteiger partial charge in [-0.05, 0) is 38.5 Å². The minimum atomic E-state index is -0.138. The first-order valence-electron chi connectivity index (χ1n) is 8.15. The summed E-state index contributed by atoms with van der Waals surface area (Å²) < 4.78 is 5.40. The average molecular weight is 280 g/mol. The van der Waals surface area contributed by atoms with Crippen LogP contribution in [0.4, 0.5) is 0 Å². The minimum absolute atomic E-state index is 0.138. The maximum Gasteiger partial charge on any atom is 0.302 e. The van der Waals surface area contributed by atoms with Gasteiger partial charge < -0.3 is 4.74 Å². The van der Waals surface area contributed by atoms with Gasteiger partial charge in [0.05, 0.1) is 0 Å². The van der Waals surface area contributed by atoms with Gasteiger partial charge in [-0.15, -0.1) is 0 Å². The third-order valence-electron chi connectivity index (χ3n) is 3.38. The molecule has 0 spiro atoms. The van der Waals surface area contributed by atoms with E-state index in [1.807, 2.05) is 12.2 Å². The van der Waals surface area contributed by atoms with Crippen molar-refractivity contribution in [1.29, 1.82) is 0 Å². The molecule has 0 aliphatic carbocycles. The zero-order valence-corrected chi connectivity index (χ0v) is 13.4. The Morgan fingerprint density at radius 3 is 2.35 bits per heavy atom. The summed E-state index contributed by atoms with van der Waals surface area (Å²) >= 11 is 0. The van der Waals surface area contributed by atoms with Crippen LogP contribution in [0.15, 0.2) is 24.8 Å². The lowest BCUT2D eigenvalue weighted by molar-refractivity contribution is -0.147. The van der Waals surface area contributed by atoms with Crippen molar-refractivity contribution in [3.8, 4) is 0 Å². The molecule has 0 rings (SSSR count). The van der Waals surface area contributed by atoms with Crippen LogP contribution < -0.4 is 0 Å². The Morgan fingerprint density at radius 2 is 1.75 bits per heavy atom. The molecule has 0 aromatic rings. The molecule has 20 heavy (non-hydrogen) atoms. The first-order valence-corrected chi connectivity index (χ1v) is 8.15. The largest absolute Gasteiger partial charge is 0.463 e. The van der Waals surface area contributed by atoms with Gasteiger partial charge in [0.15, 0.2) is 0 Å². The van der Waals surface area contributed by atoms with Crippen molar-refractivity contribution in [2.24, 2.45) is 0 Å². The summed E-state index contributed by atoms with van der Waals surface area (Å²) in [6.07, 6.45) is 17.8. The normalized spacial score (nSPS) is 12.5. The first-order chi connectivity index (χ1) is 9.70. The number of allylic oxidation sites excluding steroid dienone is 3. The molecule has 0 saturated carbocycles. The number of unbranched alkanes of at least 4 members (excludes halogenated alkanes) is 6. The van der Waals surface area contributed by atoms with Gasteiger partial charge in [-0.25, -0.2) is 0 Å². The van der Waals surface area contributed by atoms with Crippen LogP contribution in [0.5, 0.6) is 0 Å². The Kier molecular flexibility index (Phi) is 13.6. The van der Waals surface area contributed by atoms with Crippen molar-refractivity contribution in [1.82, 2.24) is 0 Å². The average Bonchev–Trinajstić information content (AvgIpc) is 2.41. The molecule has 0 heterocycles. The van der Waals surface area contributed by atoms with Crippen molar-refractivity contribution in [3.05, 3.63) is 24.8 Å². The van der Waals surface area contributed by atoms with Gasteiger partial charge >= 0.3 is 5.97 Å². The first kappa shape index (κ1) is 18.9. The Balaban J connectivity index is 3.64. The second-order valence-corrected chi connectivity index (χ2v) is 5.38. The Hall–Kier alpha value is -1.05. The lowest BCUT2D eigenvalue weighted by Crippen LogP contribution is -2.16. The fraction of sp³-hybridized carbons (Fsp3) is 0.722. The maximum absolute atomic E-state index is 11.1. The van der Waals surface area contributed by atoms with Crippen molar-refractivity contribution in [2.75, 3.05) is 0 Å². The molecule has 0 radical (unpaired) electrons. The van der Waals surface area contributed by atoms with Gasteiger partial charge in [0.1, 0.15) is 6.10 Å². The third-order valence-corrected chi connectivity index (χ3v) is 3.38. The molecule has 0 bridgehead atoms. The van der Waals surface area contributed by atoms with Crippen LogP contribution in [-0.2, 0) is 9.53 Å². The molecular weight excluding hydrogens is 248 g/mol. The van der Waals surface area contributed by atoms with E-state index in [9.17, 15) is 4.79 Å². The second-order valence-electron chi connectivity index (χ2n) is 5.38. The van der Waals surface area contributed by atoms with Crippen LogP contribution in [0.25, 0.3) is 0 Å². The van der Waals surface area contributed by atoms with Crippen molar-refractivity contribution < 1.29 is 9.53 Å². The fourth-order valence-corrected chi connectivity index (χ4v) is 2.30. The van der Waals surface area contributed by atoms with Crippen LogP contribution in [0.2, 0.25) is 0 Å². The van der Waals surface area contributed by atoms with E-state index in [0.717, 1.165) is 25.7 Å². The summed E-state index contributed by atoms with van der Waals surface area (Å²) in [5.74, 6) is -0.138. The summed E-state index contributed by atoms with van der Waals surface area (Å²) in [5.41, 5.74) is 0. The van der Waals surface area contributed by atoms with E-state index >= 15 is 0 Å². The molecule has 0 aliphatic rings. The number of hydrogen-bond acceptors (Lipinski definition) is 2. The van der Waals surface area contributed by atoms with E-state index in [4.69, 9.17) is 4.74 Å². The van der Waals surface area contributed by atoms with Gasteiger partial charge in [-0.2, -0.15) is 0 Å². The molecule has 0 saturated heterocycles. The molecule has 1 atom stereocenters. The quantitative estimate of drug-likeness (QED) is 0.250. The molecule has 0 N–H and O–H groups in total. The van der Waals surface area contributed by atoms with E-state index in [1.54, 1.807) is 0 Å². The summed E-state index contributed by atoms with van der Waals surface area (Å²) in [7, 11) is 0.